The summed E-state index contributed by atoms with van der Waals surface area (Å²) in [5, 5.41) is 4.71. The van der Waals surface area contributed by atoms with Crippen LogP contribution in [0.5, 0.6) is 0 Å². The van der Waals surface area contributed by atoms with Crippen LogP contribution in [0.1, 0.15) is 32.9 Å². The second-order valence-corrected chi connectivity index (χ2v) is 7.20. The summed E-state index contributed by atoms with van der Waals surface area (Å²) in [4.78, 5) is 24.2. The summed E-state index contributed by atoms with van der Waals surface area (Å²) < 4.78 is 6.86. The number of para-hydroxylation sites is 1. The maximum absolute atomic E-state index is 12.1. The lowest BCUT2D eigenvalue weighted by Crippen LogP contribution is -2.19. The highest BCUT2D eigenvalue weighted by atomic mass is 35.5. The first kappa shape index (κ1) is 21.3. The molecule has 0 aliphatic carbocycles. The van der Waals surface area contributed by atoms with Gasteiger partial charge < -0.3 is 9.30 Å². The average molecular weight is 424 g/mol. The maximum atomic E-state index is 12.1. The average Bonchev–Trinajstić information content (AvgIpc) is 3.02. The van der Waals surface area contributed by atoms with Gasteiger partial charge in [-0.1, -0.05) is 35.9 Å². The number of ether oxygens (including phenoxy) is 1. The topological polar surface area (TPSA) is 72.7 Å². The van der Waals surface area contributed by atoms with Crippen molar-refractivity contribution in [1.82, 2.24) is 9.99 Å². The van der Waals surface area contributed by atoms with E-state index in [2.05, 4.69) is 10.5 Å². The molecule has 154 valence electrons. The number of hydrazone groups is 1. The number of hydrogen-bond donors (Lipinski definition) is 1. The summed E-state index contributed by atoms with van der Waals surface area (Å²) in [6.07, 6.45) is 1.80. The minimum Gasteiger partial charge on any atom is -0.465 e. The van der Waals surface area contributed by atoms with E-state index in [-0.39, 0.29) is 12.3 Å². The van der Waals surface area contributed by atoms with Crippen LogP contribution in [0.2, 0.25) is 5.02 Å². The van der Waals surface area contributed by atoms with Gasteiger partial charge in [-0.05, 0) is 49.7 Å². The molecule has 0 fully saturated rings. The molecule has 30 heavy (non-hydrogen) atoms. The molecule has 0 aliphatic rings. The van der Waals surface area contributed by atoms with Crippen LogP contribution in [0, 0.1) is 13.8 Å². The van der Waals surface area contributed by atoms with Crippen LogP contribution in [0.4, 0.5) is 0 Å². The van der Waals surface area contributed by atoms with Crippen LogP contribution in [0.15, 0.2) is 59.7 Å². The first-order valence-electron chi connectivity index (χ1n) is 9.33. The number of benzene rings is 2. The normalized spacial score (nSPS) is 10.9. The minimum absolute atomic E-state index is 0.208. The number of carbonyl (C=O) groups is 2. The fraction of sp³-hybridized carbons (Fsp3) is 0.174. The van der Waals surface area contributed by atoms with Crippen molar-refractivity contribution in [1.29, 1.82) is 0 Å². The Labute approximate surface area is 180 Å². The third kappa shape index (κ3) is 4.78. The fourth-order valence-corrected chi connectivity index (χ4v) is 3.37. The molecule has 2 aromatic carbocycles. The van der Waals surface area contributed by atoms with Crippen molar-refractivity contribution in [2.24, 2.45) is 5.10 Å². The van der Waals surface area contributed by atoms with E-state index in [1.807, 2.05) is 36.6 Å². The summed E-state index contributed by atoms with van der Waals surface area (Å²) in [7, 11) is 1.36. The third-order valence-electron chi connectivity index (χ3n) is 4.69. The van der Waals surface area contributed by atoms with Gasteiger partial charge in [-0.25, -0.2) is 10.2 Å². The fourth-order valence-electron chi connectivity index (χ4n) is 3.24. The zero-order valence-electron chi connectivity index (χ0n) is 17.0. The standard InChI is InChI=1S/C23H22ClN3O3/c1-15-12-18(14-25-26-22(28)13-17-8-10-19(24)11-9-17)16(2)27(15)21-7-5-4-6-20(21)23(29)30-3/h4-12,14H,13H2,1-3H3,(H,26,28)/b25-14-. The van der Waals surface area contributed by atoms with Crippen molar-refractivity contribution in [3.05, 3.63) is 87.7 Å². The smallest absolute Gasteiger partial charge is 0.339 e. The summed E-state index contributed by atoms with van der Waals surface area (Å²) in [6.45, 7) is 3.87. The Bertz CT molecular complexity index is 1100. The van der Waals surface area contributed by atoms with E-state index >= 15 is 0 Å². The number of esters is 1. The van der Waals surface area contributed by atoms with Crippen LogP contribution in [0.3, 0.4) is 0 Å². The molecule has 1 heterocycles. The highest BCUT2D eigenvalue weighted by Crippen LogP contribution is 2.23. The molecular formula is C23H22ClN3O3. The number of nitrogens with one attached hydrogen (secondary N) is 1. The number of aryl methyl sites for hydroxylation is 1. The molecule has 3 aromatic rings. The van der Waals surface area contributed by atoms with Gasteiger partial charge in [0, 0.05) is 22.0 Å². The van der Waals surface area contributed by atoms with Gasteiger partial charge in [0.15, 0.2) is 0 Å². The minimum atomic E-state index is -0.400. The van der Waals surface area contributed by atoms with E-state index in [9.17, 15) is 9.59 Å². The third-order valence-corrected chi connectivity index (χ3v) is 4.94. The summed E-state index contributed by atoms with van der Waals surface area (Å²) >= 11 is 5.86. The second-order valence-electron chi connectivity index (χ2n) is 6.77. The number of hydrogen-bond acceptors (Lipinski definition) is 4. The molecule has 0 unspecified atom stereocenters. The largest absolute Gasteiger partial charge is 0.465 e. The van der Waals surface area contributed by atoms with Gasteiger partial charge in [0.1, 0.15) is 0 Å². The lowest BCUT2D eigenvalue weighted by molar-refractivity contribution is -0.120. The Morgan fingerprint density at radius 2 is 1.83 bits per heavy atom. The van der Waals surface area contributed by atoms with Gasteiger partial charge in [-0.2, -0.15) is 5.10 Å². The highest BCUT2D eigenvalue weighted by molar-refractivity contribution is 6.30. The summed E-state index contributed by atoms with van der Waals surface area (Å²) in [5.41, 5.74) is 7.25. The van der Waals surface area contributed by atoms with Crippen LogP contribution in [-0.2, 0) is 16.0 Å². The van der Waals surface area contributed by atoms with E-state index in [0.717, 1.165) is 28.2 Å². The molecule has 0 atom stereocenters. The molecule has 7 heteroatoms. The van der Waals surface area contributed by atoms with Crippen LogP contribution in [0.25, 0.3) is 5.69 Å². The van der Waals surface area contributed by atoms with Gasteiger partial charge in [0.25, 0.3) is 0 Å². The first-order chi connectivity index (χ1) is 14.4. The van der Waals surface area contributed by atoms with Crippen molar-refractivity contribution in [3.8, 4) is 5.69 Å². The zero-order chi connectivity index (χ0) is 21.7. The number of nitrogens with zero attached hydrogens (tertiary/aromatic N) is 2. The number of carbonyl (C=O) groups excluding carboxylic acids is 2. The van der Waals surface area contributed by atoms with Gasteiger partial charge in [-0.3, -0.25) is 4.79 Å². The molecule has 0 saturated carbocycles. The van der Waals surface area contributed by atoms with Gasteiger partial charge >= 0.3 is 5.97 Å². The number of amides is 1. The predicted molar refractivity (Wildman–Crippen MR) is 117 cm³/mol. The number of rotatable bonds is 6. The van der Waals surface area contributed by atoms with E-state index in [1.165, 1.54) is 7.11 Å². The van der Waals surface area contributed by atoms with E-state index in [0.29, 0.717) is 10.6 Å². The number of aromatic nitrogens is 1. The van der Waals surface area contributed by atoms with E-state index in [4.69, 9.17) is 16.3 Å². The van der Waals surface area contributed by atoms with Crippen molar-refractivity contribution < 1.29 is 14.3 Å². The Hall–Kier alpha value is -3.38. The molecule has 6 nitrogen and oxygen atoms in total. The SMILES string of the molecule is COC(=O)c1ccccc1-n1c(C)cc(/C=N\NC(=O)Cc2ccc(Cl)cc2)c1C. The van der Waals surface area contributed by atoms with Crippen molar-refractivity contribution in [2.75, 3.05) is 7.11 Å². The van der Waals surface area contributed by atoms with Crippen LogP contribution >= 0.6 is 11.6 Å². The van der Waals surface area contributed by atoms with Crippen LogP contribution < -0.4 is 5.43 Å². The molecule has 1 amide bonds. The lowest BCUT2D eigenvalue weighted by Gasteiger charge is -2.13. The molecule has 3 rings (SSSR count). The lowest BCUT2D eigenvalue weighted by atomic mass is 10.1. The monoisotopic (exact) mass is 423 g/mol. The van der Waals surface area contributed by atoms with Gasteiger partial charge in [0.2, 0.25) is 5.91 Å². The quantitative estimate of drug-likeness (QED) is 0.366. The molecule has 0 bridgehead atoms. The van der Waals surface area contributed by atoms with E-state index < -0.39 is 5.97 Å². The highest BCUT2D eigenvalue weighted by Gasteiger charge is 2.17. The van der Waals surface area contributed by atoms with Crippen LogP contribution in [-0.4, -0.2) is 29.8 Å². The molecular weight excluding hydrogens is 402 g/mol. The molecule has 0 saturated heterocycles. The maximum Gasteiger partial charge on any atom is 0.339 e. The Morgan fingerprint density at radius 3 is 2.53 bits per heavy atom. The van der Waals surface area contributed by atoms with Crippen molar-refractivity contribution in [2.45, 2.75) is 20.3 Å². The molecule has 1 N–H and O–H groups in total. The Kier molecular flexibility index (Phi) is 6.69. The first-order valence-corrected chi connectivity index (χ1v) is 9.71. The molecule has 0 aliphatic heterocycles. The molecule has 0 spiro atoms. The Morgan fingerprint density at radius 1 is 1.13 bits per heavy atom. The summed E-state index contributed by atoms with van der Waals surface area (Å²) in [5.74, 6) is -0.624. The predicted octanol–water partition coefficient (Wildman–Crippen LogP) is 4.23. The summed E-state index contributed by atoms with van der Waals surface area (Å²) in [6, 6.07) is 16.3. The molecule has 0 radical (unpaired) electrons. The van der Waals surface area contributed by atoms with Crippen molar-refractivity contribution in [3.63, 3.8) is 0 Å². The van der Waals surface area contributed by atoms with Crippen molar-refractivity contribution >= 4 is 29.7 Å². The Balaban J connectivity index is 1.77. The number of methoxy groups -OCH3 is 1. The van der Waals surface area contributed by atoms with Gasteiger partial charge in [0.05, 0.1) is 31.0 Å². The van der Waals surface area contributed by atoms with Gasteiger partial charge in [-0.15, -0.1) is 0 Å². The second kappa shape index (κ2) is 9.41. The number of halogens is 1. The van der Waals surface area contributed by atoms with E-state index in [1.54, 1.807) is 42.6 Å². The molecule has 1 aromatic heterocycles. The zero-order valence-corrected chi connectivity index (χ0v) is 17.7.